The molecule has 1 N–H and O–H groups in total. The van der Waals surface area contributed by atoms with Crippen LogP contribution in [0.3, 0.4) is 0 Å². The Morgan fingerprint density at radius 1 is 1.20 bits per heavy atom. The first-order valence-electron chi connectivity index (χ1n) is 8.11. The van der Waals surface area contributed by atoms with Gasteiger partial charge in [0.1, 0.15) is 5.75 Å². The molecule has 2 nitrogen and oxygen atoms in total. The average Bonchev–Trinajstić information content (AvgIpc) is 2.98. The maximum atomic E-state index is 5.51. The van der Waals surface area contributed by atoms with Crippen LogP contribution in [-0.2, 0) is 0 Å². The summed E-state index contributed by atoms with van der Waals surface area (Å²) in [6.07, 6.45) is 7.97. The Labute approximate surface area is 123 Å². The van der Waals surface area contributed by atoms with Crippen molar-refractivity contribution in [2.45, 2.75) is 58.4 Å². The quantitative estimate of drug-likeness (QED) is 0.778. The van der Waals surface area contributed by atoms with Crippen molar-refractivity contribution in [2.24, 2.45) is 5.41 Å². The van der Waals surface area contributed by atoms with Crippen LogP contribution in [-0.4, -0.2) is 13.7 Å². The minimum Gasteiger partial charge on any atom is -0.496 e. The molecule has 1 atom stereocenters. The summed E-state index contributed by atoms with van der Waals surface area (Å²) in [6.45, 7) is 5.73. The standard InChI is InChI=1S/C18H29NO/c1-4-16(15-10-6-7-11-17(15)20-3)19-14-18(5-2)12-8-9-13-18/h6-7,10-11,16,19H,4-5,8-9,12-14H2,1-3H3. The van der Waals surface area contributed by atoms with E-state index in [1.54, 1.807) is 7.11 Å². The first-order valence-corrected chi connectivity index (χ1v) is 8.11. The van der Waals surface area contributed by atoms with Crippen LogP contribution in [0.4, 0.5) is 0 Å². The third kappa shape index (κ3) is 3.35. The van der Waals surface area contributed by atoms with E-state index in [9.17, 15) is 0 Å². The second-order valence-electron chi connectivity index (χ2n) is 6.14. The Balaban J connectivity index is 2.05. The van der Waals surface area contributed by atoms with Gasteiger partial charge in [-0.05, 0) is 37.2 Å². The SMILES string of the molecule is CCC(NCC1(CC)CCCC1)c1ccccc1OC. The van der Waals surface area contributed by atoms with Gasteiger partial charge in [0.2, 0.25) is 0 Å². The van der Waals surface area contributed by atoms with Crippen molar-refractivity contribution < 1.29 is 4.74 Å². The highest BCUT2D eigenvalue weighted by Crippen LogP contribution is 2.41. The lowest BCUT2D eigenvalue weighted by molar-refractivity contribution is 0.253. The normalized spacial score (nSPS) is 18.9. The van der Waals surface area contributed by atoms with Crippen LogP contribution in [0.1, 0.15) is 64.0 Å². The Morgan fingerprint density at radius 3 is 2.50 bits per heavy atom. The van der Waals surface area contributed by atoms with Crippen LogP contribution in [0.2, 0.25) is 0 Å². The van der Waals surface area contributed by atoms with Gasteiger partial charge in [-0.15, -0.1) is 0 Å². The summed E-state index contributed by atoms with van der Waals surface area (Å²) in [5.74, 6) is 1.00. The maximum absolute atomic E-state index is 5.51. The zero-order valence-electron chi connectivity index (χ0n) is 13.2. The molecule has 0 radical (unpaired) electrons. The molecule has 1 unspecified atom stereocenters. The highest BCUT2D eigenvalue weighted by Gasteiger charge is 2.32. The number of hydrogen-bond donors (Lipinski definition) is 1. The van der Waals surface area contributed by atoms with E-state index in [0.717, 1.165) is 18.7 Å². The van der Waals surface area contributed by atoms with Crippen molar-refractivity contribution in [2.75, 3.05) is 13.7 Å². The molecule has 1 aromatic rings. The van der Waals surface area contributed by atoms with E-state index in [0.29, 0.717) is 11.5 Å². The third-order valence-electron chi connectivity index (χ3n) is 5.06. The van der Waals surface area contributed by atoms with E-state index in [2.05, 4.69) is 37.4 Å². The van der Waals surface area contributed by atoms with Crippen LogP contribution in [0.5, 0.6) is 5.75 Å². The second kappa shape index (κ2) is 7.12. The lowest BCUT2D eigenvalue weighted by Crippen LogP contribution is -2.34. The van der Waals surface area contributed by atoms with Crippen molar-refractivity contribution in [3.05, 3.63) is 29.8 Å². The summed E-state index contributed by atoms with van der Waals surface area (Å²) in [7, 11) is 1.76. The molecule has 2 rings (SSSR count). The molecule has 20 heavy (non-hydrogen) atoms. The first-order chi connectivity index (χ1) is 9.74. The molecule has 1 saturated carbocycles. The Kier molecular flexibility index (Phi) is 5.47. The maximum Gasteiger partial charge on any atom is 0.123 e. The van der Waals surface area contributed by atoms with Gasteiger partial charge in [-0.1, -0.05) is 44.9 Å². The van der Waals surface area contributed by atoms with Crippen molar-refractivity contribution in [1.82, 2.24) is 5.32 Å². The number of nitrogens with one attached hydrogen (secondary N) is 1. The van der Waals surface area contributed by atoms with Crippen LogP contribution >= 0.6 is 0 Å². The molecule has 1 aromatic carbocycles. The fraction of sp³-hybridized carbons (Fsp3) is 0.667. The summed E-state index contributed by atoms with van der Waals surface area (Å²) >= 11 is 0. The summed E-state index contributed by atoms with van der Waals surface area (Å²) < 4.78 is 5.51. The van der Waals surface area contributed by atoms with E-state index >= 15 is 0 Å². The van der Waals surface area contributed by atoms with Crippen LogP contribution in [0, 0.1) is 5.41 Å². The summed E-state index contributed by atoms with van der Waals surface area (Å²) in [4.78, 5) is 0. The molecular formula is C18H29NO. The van der Waals surface area contributed by atoms with Gasteiger partial charge < -0.3 is 10.1 Å². The number of methoxy groups -OCH3 is 1. The van der Waals surface area contributed by atoms with Gasteiger partial charge in [0.15, 0.2) is 0 Å². The fourth-order valence-electron chi connectivity index (χ4n) is 3.55. The Hall–Kier alpha value is -1.02. The molecule has 0 spiro atoms. The highest BCUT2D eigenvalue weighted by atomic mass is 16.5. The first kappa shape index (κ1) is 15.4. The van der Waals surface area contributed by atoms with Crippen molar-refractivity contribution in [3.8, 4) is 5.75 Å². The molecule has 0 aliphatic heterocycles. The zero-order valence-corrected chi connectivity index (χ0v) is 13.2. The van der Waals surface area contributed by atoms with Gasteiger partial charge in [-0.25, -0.2) is 0 Å². The molecular weight excluding hydrogens is 246 g/mol. The smallest absolute Gasteiger partial charge is 0.123 e. The van der Waals surface area contributed by atoms with Crippen molar-refractivity contribution in [1.29, 1.82) is 0 Å². The van der Waals surface area contributed by atoms with Crippen molar-refractivity contribution >= 4 is 0 Å². The number of hydrogen-bond acceptors (Lipinski definition) is 2. The number of rotatable bonds is 7. The van der Waals surface area contributed by atoms with Gasteiger partial charge in [-0.2, -0.15) is 0 Å². The van der Waals surface area contributed by atoms with Gasteiger partial charge in [0, 0.05) is 18.2 Å². The van der Waals surface area contributed by atoms with Crippen LogP contribution in [0.15, 0.2) is 24.3 Å². The lowest BCUT2D eigenvalue weighted by atomic mass is 9.83. The molecule has 1 aliphatic rings. The number of ether oxygens (including phenoxy) is 1. The molecule has 0 saturated heterocycles. The summed E-state index contributed by atoms with van der Waals surface area (Å²) in [6, 6.07) is 8.79. The minimum atomic E-state index is 0.398. The van der Waals surface area contributed by atoms with E-state index < -0.39 is 0 Å². The fourth-order valence-corrected chi connectivity index (χ4v) is 3.55. The number of benzene rings is 1. The molecule has 1 aliphatic carbocycles. The summed E-state index contributed by atoms with van der Waals surface area (Å²) in [5, 5.41) is 3.81. The predicted molar refractivity (Wildman–Crippen MR) is 85.2 cm³/mol. The van der Waals surface area contributed by atoms with E-state index in [1.807, 2.05) is 6.07 Å². The highest BCUT2D eigenvalue weighted by molar-refractivity contribution is 5.35. The van der Waals surface area contributed by atoms with Gasteiger partial charge in [0.05, 0.1) is 7.11 Å². The largest absolute Gasteiger partial charge is 0.496 e. The predicted octanol–water partition coefficient (Wildman–Crippen LogP) is 4.71. The minimum absolute atomic E-state index is 0.398. The van der Waals surface area contributed by atoms with Gasteiger partial charge in [0.25, 0.3) is 0 Å². The van der Waals surface area contributed by atoms with Crippen LogP contribution in [0.25, 0.3) is 0 Å². The average molecular weight is 275 g/mol. The summed E-state index contributed by atoms with van der Waals surface area (Å²) in [5.41, 5.74) is 1.83. The molecule has 2 heteroatoms. The van der Waals surface area contributed by atoms with Gasteiger partial charge >= 0.3 is 0 Å². The monoisotopic (exact) mass is 275 g/mol. The Bertz CT molecular complexity index is 410. The molecule has 0 aromatic heterocycles. The Morgan fingerprint density at radius 2 is 1.90 bits per heavy atom. The topological polar surface area (TPSA) is 21.3 Å². The van der Waals surface area contributed by atoms with E-state index in [-0.39, 0.29) is 0 Å². The molecule has 0 bridgehead atoms. The van der Waals surface area contributed by atoms with Gasteiger partial charge in [-0.3, -0.25) is 0 Å². The molecule has 0 amide bonds. The molecule has 1 fully saturated rings. The van der Waals surface area contributed by atoms with E-state index in [1.165, 1.54) is 37.7 Å². The second-order valence-corrected chi connectivity index (χ2v) is 6.14. The van der Waals surface area contributed by atoms with Crippen molar-refractivity contribution in [3.63, 3.8) is 0 Å². The van der Waals surface area contributed by atoms with Crippen LogP contribution < -0.4 is 10.1 Å². The zero-order chi connectivity index (χ0) is 14.4. The molecule has 112 valence electrons. The number of para-hydroxylation sites is 1. The van der Waals surface area contributed by atoms with E-state index in [4.69, 9.17) is 4.74 Å². The third-order valence-corrected chi connectivity index (χ3v) is 5.06. The lowest BCUT2D eigenvalue weighted by Gasteiger charge is -2.31. The molecule has 0 heterocycles.